The molecule has 0 saturated heterocycles. The molecule has 0 radical (unpaired) electrons. The van der Waals surface area contributed by atoms with Crippen molar-refractivity contribution in [3.63, 3.8) is 0 Å². The van der Waals surface area contributed by atoms with Gasteiger partial charge < -0.3 is 0 Å². The molecule has 0 rings (SSSR count). The van der Waals surface area contributed by atoms with Crippen LogP contribution in [0, 0.1) is 0 Å². The molecule has 0 aliphatic carbocycles. The number of unbranched alkanes of at least 4 members (excludes halogenated alkanes) is 1. The number of rotatable bonds is 10. The number of allylic oxidation sites excluding steroid dienone is 1. The Kier molecular flexibility index (Phi) is 13.5. The first kappa shape index (κ1) is 14.3. The third-order valence-corrected chi connectivity index (χ3v) is 1.86. The Morgan fingerprint density at radius 1 is 1.07 bits per heavy atom. The molecule has 0 aromatic heterocycles. The van der Waals surface area contributed by atoms with Gasteiger partial charge in [-0.1, -0.05) is 6.92 Å². The summed E-state index contributed by atoms with van der Waals surface area (Å²) in [5.74, 6) is 0. The molecule has 0 spiro atoms. The first-order chi connectivity index (χ1) is 6.91. The second-order valence-corrected chi connectivity index (χ2v) is 3.34. The van der Waals surface area contributed by atoms with Gasteiger partial charge in [-0.05, 0) is 0 Å². The van der Waals surface area contributed by atoms with Gasteiger partial charge in [0.1, 0.15) is 0 Å². The summed E-state index contributed by atoms with van der Waals surface area (Å²) in [5.41, 5.74) is 0. The average Bonchev–Trinajstić information content (AvgIpc) is 2.21. The van der Waals surface area contributed by atoms with Crippen LogP contribution >= 0.6 is 0 Å². The van der Waals surface area contributed by atoms with E-state index < -0.39 is 0 Å². The fourth-order valence-electron chi connectivity index (χ4n) is 0.977. The Labute approximate surface area is 97.2 Å². The van der Waals surface area contributed by atoms with Crippen molar-refractivity contribution in [1.29, 1.82) is 0 Å². The van der Waals surface area contributed by atoms with Crippen LogP contribution in [0.15, 0.2) is 12.2 Å². The van der Waals surface area contributed by atoms with Crippen molar-refractivity contribution in [2.24, 2.45) is 0 Å². The Morgan fingerprint density at radius 3 is 2.50 bits per heavy atom. The van der Waals surface area contributed by atoms with Crippen molar-refractivity contribution >= 4 is 17.7 Å². The molecule has 0 aliphatic rings. The SMILES string of the molecule is [Li][CH2]C/C=C/CCOCOCCCC. The predicted molar refractivity (Wildman–Crippen MR) is 60.6 cm³/mol. The molecule has 0 fully saturated rings. The van der Waals surface area contributed by atoms with Gasteiger partial charge in [-0.2, -0.15) is 0 Å². The second kappa shape index (κ2) is 13.3. The zero-order valence-corrected chi connectivity index (χ0v) is 9.63. The summed E-state index contributed by atoms with van der Waals surface area (Å²) in [7, 11) is 0. The molecule has 0 unspecified atom stereocenters. The number of hydrogen-bond acceptors (Lipinski definition) is 2. The first-order valence-electron chi connectivity index (χ1n) is 5.72. The monoisotopic (exact) mass is 192 g/mol. The van der Waals surface area contributed by atoms with Crippen LogP contribution in [0.25, 0.3) is 0 Å². The van der Waals surface area contributed by atoms with Crippen molar-refractivity contribution in [3.8, 4) is 0 Å². The van der Waals surface area contributed by atoms with Crippen molar-refractivity contribution in [2.75, 3.05) is 20.0 Å². The fraction of sp³-hybridized carbons (Fsp3) is 0.818. The zero-order chi connectivity index (χ0) is 10.5. The van der Waals surface area contributed by atoms with Crippen molar-refractivity contribution in [3.05, 3.63) is 12.2 Å². The van der Waals surface area contributed by atoms with E-state index in [0.717, 1.165) is 26.1 Å². The molecule has 0 aliphatic heterocycles. The van der Waals surface area contributed by atoms with Crippen LogP contribution in [0.5, 0.6) is 0 Å². The summed E-state index contributed by atoms with van der Waals surface area (Å²) in [4.78, 5) is 0. The maximum absolute atomic E-state index is 5.29. The van der Waals surface area contributed by atoms with Gasteiger partial charge in [0.2, 0.25) is 0 Å². The van der Waals surface area contributed by atoms with Gasteiger partial charge >= 0.3 is 90.1 Å². The van der Waals surface area contributed by atoms with Gasteiger partial charge in [0, 0.05) is 0 Å². The molecule has 0 N–H and O–H groups in total. The van der Waals surface area contributed by atoms with Crippen LogP contribution in [-0.2, 0) is 9.47 Å². The maximum atomic E-state index is 5.29. The summed E-state index contributed by atoms with van der Waals surface area (Å²) in [6.07, 6.45) is 8.86. The molecular weight excluding hydrogens is 171 g/mol. The molecule has 14 heavy (non-hydrogen) atoms. The number of ether oxygens (including phenoxy) is 2. The second-order valence-electron chi connectivity index (χ2n) is 3.34. The van der Waals surface area contributed by atoms with E-state index in [2.05, 4.69) is 36.8 Å². The molecule has 0 atom stereocenters. The van der Waals surface area contributed by atoms with Gasteiger partial charge in [0.15, 0.2) is 0 Å². The van der Waals surface area contributed by atoms with E-state index in [1.54, 1.807) is 0 Å². The average molecular weight is 192 g/mol. The fourth-order valence-corrected chi connectivity index (χ4v) is 0.977. The Bertz CT molecular complexity index is 126. The smallest absolute Gasteiger partial charge is 0.0653 e. The molecule has 0 aromatic rings. The van der Waals surface area contributed by atoms with E-state index in [0.29, 0.717) is 6.79 Å². The van der Waals surface area contributed by atoms with Crippen LogP contribution in [0.1, 0.15) is 32.6 Å². The first-order valence-corrected chi connectivity index (χ1v) is 5.72. The molecular formula is C11H21LiO2. The van der Waals surface area contributed by atoms with Crippen molar-refractivity contribution in [2.45, 2.75) is 37.7 Å². The van der Waals surface area contributed by atoms with E-state index in [-0.39, 0.29) is 0 Å². The Hall–Kier alpha value is 0.257. The van der Waals surface area contributed by atoms with Gasteiger partial charge in [0.05, 0.1) is 0 Å². The summed E-state index contributed by atoms with van der Waals surface area (Å²) >= 11 is 2.18. The predicted octanol–water partition coefficient (Wildman–Crippen LogP) is 2.70. The van der Waals surface area contributed by atoms with E-state index in [9.17, 15) is 0 Å². The topological polar surface area (TPSA) is 18.5 Å². The minimum absolute atomic E-state index is 0.446. The van der Waals surface area contributed by atoms with E-state index in [1.165, 1.54) is 17.9 Å². The minimum atomic E-state index is 0.446. The normalized spacial score (nSPS) is 11.4. The Morgan fingerprint density at radius 2 is 1.79 bits per heavy atom. The zero-order valence-electron chi connectivity index (χ0n) is 9.63. The van der Waals surface area contributed by atoms with E-state index in [1.807, 2.05) is 0 Å². The van der Waals surface area contributed by atoms with Gasteiger partial charge in [-0.15, -0.1) is 0 Å². The third kappa shape index (κ3) is 12.3. The van der Waals surface area contributed by atoms with Gasteiger partial charge in [0.25, 0.3) is 0 Å². The van der Waals surface area contributed by atoms with E-state index in [4.69, 9.17) is 9.47 Å². The molecule has 0 saturated carbocycles. The minimum Gasteiger partial charge on any atom is -0.0653 e. The third-order valence-electron chi connectivity index (χ3n) is 1.86. The van der Waals surface area contributed by atoms with Crippen molar-refractivity contribution in [1.82, 2.24) is 0 Å². The van der Waals surface area contributed by atoms with E-state index >= 15 is 0 Å². The molecule has 3 heteroatoms. The van der Waals surface area contributed by atoms with Crippen LogP contribution in [0.3, 0.4) is 0 Å². The summed E-state index contributed by atoms with van der Waals surface area (Å²) in [6, 6.07) is 0. The molecule has 0 aromatic carbocycles. The summed E-state index contributed by atoms with van der Waals surface area (Å²) in [5, 5.41) is 1.22. The molecule has 2 nitrogen and oxygen atoms in total. The summed E-state index contributed by atoms with van der Waals surface area (Å²) < 4.78 is 10.5. The number of hydrogen-bond donors (Lipinski definition) is 0. The summed E-state index contributed by atoms with van der Waals surface area (Å²) in [6.45, 7) is 4.19. The van der Waals surface area contributed by atoms with Gasteiger partial charge in [-0.3, -0.25) is 0 Å². The van der Waals surface area contributed by atoms with Crippen LogP contribution in [0.2, 0.25) is 5.09 Å². The molecule has 0 bridgehead atoms. The quantitative estimate of drug-likeness (QED) is 0.229. The van der Waals surface area contributed by atoms with Crippen LogP contribution < -0.4 is 0 Å². The molecule has 0 amide bonds. The molecule has 78 valence electrons. The Balaban J connectivity index is 2.91. The van der Waals surface area contributed by atoms with Crippen LogP contribution in [-0.4, -0.2) is 37.7 Å². The van der Waals surface area contributed by atoms with Crippen molar-refractivity contribution < 1.29 is 9.47 Å². The molecule has 0 heterocycles. The standard InChI is InChI=1S/C11H21O2.Li/c1-3-5-7-8-10-13-11-12-9-6-4-2;/h5,7H,1,3-4,6,8-11H2,2H3;/b7-5+;. The van der Waals surface area contributed by atoms with Crippen LogP contribution in [0.4, 0.5) is 0 Å². The van der Waals surface area contributed by atoms with Gasteiger partial charge in [-0.25, -0.2) is 0 Å².